The van der Waals surface area contributed by atoms with Gasteiger partial charge in [-0.05, 0) is 63.4 Å². The highest BCUT2D eigenvalue weighted by molar-refractivity contribution is 7.92. The number of nitrogens with zero attached hydrogens (tertiary/aromatic N) is 2. The maximum Gasteiger partial charge on any atom is 0.264 e. The standard InChI is InChI=1S/C31H39N3O4S/c1-6-25(5)32-31(36)29(7-2)33(21-26-13-11-12-24(4)20-26)30(35)22-34(27-14-9-8-10-15-27)39(37,38)28-18-16-23(3)17-19-28/h8-20,25,29H,6-7,21-22H2,1-5H3,(H,32,36)/t25-,29-/m1/s1. The molecule has 0 saturated heterocycles. The van der Waals surface area contributed by atoms with Gasteiger partial charge in [-0.15, -0.1) is 0 Å². The molecule has 39 heavy (non-hydrogen) atoms. The molecule has 1 N–H and O–H groups in total. The summed E-state index contributed by atoms with van der Waals surface area (Å²) in [4.78, 5) is 29.0. The molecule has 0 saturated carbocycles. The molecule has 0 bridgehead atoms. The predicted octanol–water partition coefficient (Wildman–Crippen LogP) is 5.22. The van der Waals surface area contributed by atoms with E-state index in [0.717, 1.165) is 27.4 Å². The molecule has 0 unspecified atom stereocenters. The van der Waals surface area contributed by atoms with Crippen molar-refractivity contribution in [3.63, 3.8) is 0 Å². The van der Waals surface area contributed by atoms with Crippen LogP contribution in [0.25, 0.3) is 0 Å². The Labute approximate surface area is 232 Å². The number of nitrogens with one attached hydrogen (secondary N) is 1. The van der Waals surface area contributed by atoms with Crippen molar-refractivity contribution in [3.8, 4) is 0 Å². The molecule has 0 aliphatic rings. The monoisotopic (exact) mass is 549 g/mol. The lowest BCUT2D eigenvalue weighted by atomic mass is 10.1. The normalized spacial score (nSPS) is 12.8. The fraction of sp³-hybridized carbons (Fsp3) is 0.355. The van der Waals surface area contributed by atoms with Gasteiger partial charge in [0.2, 0.25) is 11.8 Å². The van der Waals surface area contributed by atoms with Crippen molar-refractivity contribution in [3.05, 3.63) is 95.6 Å². The summed E-state index contributed by atoms with van der Waals surface area (Å²) in [5.41, 5.74) is 3.20. The Morgan fingerprint density at radius 2 is 1.51 bits per heavy atom. The van der Waals surface area contributed by atoms with Crippen molar-refractivity contribution in [1.29, 1.82) is 0 Å². The Morgan fingerprint density at radius 1 is 0.846 bits per heavy atom. The Kier molecular flexibility index (Phi) is 10.3. The van der Waals surface area contributed by atoms with Gasteiger partial charge in [0, 0.05) is 12.6 Å². The van der Waals surface area contributed by atoms with Crippen LogP contribution in [0.15, 0.2) is 83.8 Å². The second kappa shape index (κ2) is 13.4. The van der Waals surface area contributed by atoms with Crippen LogP contribution in [0, 0.1) is 13.8 Å². The summed E-state index contributed by atoms with van der Waals surface area (Å²) in [6, 6.07) is 22.1. The maximum absolute atomic E-state index is 14.0. The Hall–Kier alpha value is -3.65. The van der Waals surface area contributed by atoms with Crippen LogP contribution in [0.4, 0.5) is 5.69 Å². The quantitative estimate of drug-likeness (QED) is 0.336. The van der Waals surface area contributed by atoms with E-state index in [1.807, 2.05) is 58.9 Å². The van der Waals surface area contributed by atoms with Gasteiger partial charge in [0.25, 0.3) is 10.0 Å². The number of benzene rings is 3. The van der Waals surface area contributed by atoms with Gasteiger partial charge in [-0.25, -0.2) is 8.42 Å². The highest BCUT2D eigenvalue weighted by Gasteiger charge is 2.33. The van der Waals surface area contributed by atoms with Crippen LogP contribution in [-0.4, -0.2) is 43.8 Å². The van der Waals surface area contributed by atoms with Gasteiger partial charge in [0.1, 0.15) is 12.6 Å². The van der Waals surface area contributed by atoms with Crippen LogP contribution in [-0.2, 0) is 26.2 Å². The molecular formula is C31H39N3O4S. The topological polar surface area (TPSA) is 86.8 Å². The van der Waals surface area contributed by atoms with Crippen LogP contribution in [0.2, 0.25) is 0 Å². The third-order valence-electron chi connectivity index (χ3n) is 6.75. The first-order valence-electron chi connectivity index (χ1n) is 13.4. The van der Waals surface area contributed by atoms with E-state index in [9.17, 15) is 18.0 Å². The van der Waals surface area contributed by atoms with E-state index in [-0.39, 0.29) is 23.4 Å². The molecule has 2 atom stereocenters. The first-order chi connectivity index (χ1) is 18.6. The summed E-state index contributed by atoms with van der Waals surface area (Å²) in [6.07, 6.45) is 1.14. The number of aryl methyl sites for hydroxylation is 2. The molecule has 3 rings (SSSR count). The van der Waals surface area contributed by atoms with Gasteiger partial charge in [-0.2, -0.15) is 0 Å². The van der Waals surface area contributed by atoms with Crippen molar-refractivity contribution in [2.45, 2.75) is 71.0 Å². The molecule has 0 heterocycles. The van der Waals surface area contributed by atoms with Gasteiger partial charge in [0.15, 0.2) is 0 Å². The molecular weight excluding hydrogens is 510 g/mol. The summed E-state index contributed by atoms with van der Waals surface area (Å²) in [6.45, 7) is 9.34. The van der Waals surface area contributed by atoms with Crippen LogP contribution >= 0.6 is 0 Å². The van der Waals surface area contributed by atoms with E-state index in [2.05, 4.69) is 5.32 Å². The second-order valence-electron chi connectivity index (χ2n) is 9.91. The van der Waals surface area contributed by atoms with Crippen LogP contribution in [0.5, 0.6) is 0 Å². The van der Waals surface area contributed by atoms with Crippen molar-refractivity contribution >= 4 is 27.5 Å². The summed E-state index contributed by atoms with van der Waals surface area (Å²) in [7, 11) is -4.07. The van der Waals surface area contributed by atoms with E-state index in [1.54, 1.807) is 54.6 Å². The lowest BCUT2D eigenvalue weighted by Gasteiger charge is -2.33. The lowest BCUT2D eigenvalue weighted by Crippen LogP contribution is -2.53. The minimum atomic E-state index is -4.07. The van der Waals surface area contributed by atoms with E-state index >= 15 is 0 Å². The number of rotatable bonds is 12. The molecule has 3 aromatic rings. The number of amides is 2. The first kappa shape index (κ1) is 29.9. The van der Waals surface area contributed by atoms with Gasteiger partial charge < -0.3 is 10.2 Å². The third-order valence-corrected chi connectivity index (χ3v) is 8.54. The summed E-state index contributed by atoms with van der Waals surface area (Å²) in [5, 5.41) is 2.99. The average Bonchev–Trinajstić information content (AvgIpc) is 2.92. The van der Waals surface area contributed by atoms with Crippen molar-refractivity contribution in [2.75, 3.05) is 10.8 Å². The zero-order valence-corrected chi connectivity index (χ0v) is 24.2. The average molecular weight is 550 g/mol. The number of hydrogen-bond donors (Lipinski definition) is 1. The number of carbonyl (C=O) groups excluding carboxylic acids is 2. The SMILES string of the molecule is CC[C@@H](C)NC(=O)[C@@H](CC)N(Cc1cccc(C)c1)C(=O)CN(c1ccccc1)S(=O)(=O)c1ccc(C)cc1. The highest BCUT2D eigenvalue weighted by Crippen LogP contribution is 2.25. The summed E-state index contributed by atoms with van der Waals surface area (Å²) >= 11 is 0. The van der Waals surface area contributed by atoms with Gasteiger partial charge in [-0.3, -0.25) is 13.9 Å². The summed E-state index contributed by atoms with van der Waals surface area (Å²) < 4.78 is 28.8. The van der Waals surface area contributed by atoms with Crippen molar-refractivity contribution in [2.24, 2.45) is 0 Å². The molecule has 0 fully saturated rings. The molecule has 0 aliphatic heterocycles. The minimum absolute atomic E-state index is 0.0507. The molecule has 0 aromatic heterocycles. The fourth-order valence-electron chi connectivity index (χ4n) is 4.33. The minimum Gasteiger partial charge on any atom is -0.352 e. The largest absolute Gasteiger partial charge is 0.352 e. The molecule has 208 valence electrons. The van der Waals surface area contributed by atoms with Gasteiger partial charge in [0.05, 0.1) is 10.6 Å². The highest BCUT2D eigenvalue weighted by atomic mass is 32.2. The van der Waals surface area contributed by atoms with Crippen molar-refractivity contribution < 1.29 is 18.0 Å². The molecule has 8 heteroatoms. The molecule has 0 aliphatic carbocycles. The second-order valence-corrected chi connectivity index (χ2v) is 11.8. The number of hydrogen-bond acceptors (Lipinski definition) is 4. The zero-order chi connectivity index (χ0) is 28.6. The van der Waals surface area contributed by atoms with Gasteiger partial charge >= 0.3 is 0 Å². The molecule has 2 amide bonds. The van der Waals surface area contributed by atoms with E-state index < -0.39 is 28.5 Å². The maximum atomic E-state index is 14.0. The molecule has 0 spiro atoms. The number of para-hydroxylation sites is 1. The molecule has 7 nitrogen and oxygen atoms in total. The Morgan fingerprint density at radius 3 is 2.10 bits per heavy atom. The van der Waals surface area contributed by atoms with Crippen LogP contribution in [0.1, 0.15) is 50.3 Å². The summed E-state index contributed by atoms with van der Waals surface area (Å²) in [5.74, 6) is -0.706. The predicted molar refractivity (Wildman–Crippen MR) is 156 cm³/mol. The first-order valence-corrected chi connectivity index (χ1v) is 14.8. The lowest BCUT2D eigenvalue weighted by molar-refractivity contribution is -0.140. The Balaban J connectivity index is 2.03. The zero-order valence-electron chi connectivity index (χ0n) is 23.4. The third kappa shape index (κ3) is 7.69. The molecule has 0 radical (unpaired) electrons. The number of sulfonamides is 1. The Bertz CT molecular complexity index is 1360. The fourth-order valence-corrected chi connectivity index (χ4v) is 5.74. The number of anilines is 1. The van der Waals surface area contributed by atoms with Gasteiger partial charge in [-0.1, -0.05) is 79.6 Å². The molecule has 3 aromatic carbocycles. The smallest absolute Gasteiger partial charge is 0.264 e. The van der Waals surface area contributed by atoms with Crippen molar-refractivity contribution in [1.82, 2.24) is 10.2 Å². The van der Waals surface area contributed by atoms with Crippen LogP contribution < -0.4 is 9.62 Å². The van der Waals surface area contributed by atoms with Crippen LogP contribution in [0.3, 0.4) is 0 Å². The van der Waals surface area contributed by atoms with E-state index in [1.165, 1.54) is 4.90 Å². The number of carbonyl (C=O) groups is 2. The van der Waals surface area contributed by atoms with E-state index in [0.29, 0.717) is 12.1 Å². The van der Waals surface area contributed by atoms with E-state index in [4.69, 9.17) is 0 Å².